The number of unbranched alkanes of at least 4 members (excludes halogenated alkanes) is 3. The first-order valence-corrected chi connectivity index (χ1v) is 7.47. The summed E-state index contributed by atoms with van der Waals surface area (Å²) in [6.45, 7) is 8.07. The van der Waals surface area contributed by atoms with Gasteiger partial charge >= 0.3 is 0 Å². The first kappa shape index (κ1) is 16.0. The molecule has 1 rings (SSSR count). The van der Waals surface area contributed by atoms with Crippen molar-refractivity contribution >= 4 is 11.6 Å². The second-order valence-electron chi connectivity index (χ2n) is 5.74. The summed E-state index contributed by atoms with van der Waals surface area (Å²) >= 11 is 6.20. The first-order chi connectivity index (χ1) is 8.92. The maximum absolute atomic E-state index is 9.13. The highest BCUT2D eigenvalue weighted by atomic mass is 35.5. The molecule has 0 spiro atoms. The molecule has 0 N–H and O–H groups in total. The summed E-state index contributed by atoms with van der Waals surface area (Å²) in [4.78, 5) is 0. The average Bonchev–Trinajstić information content (AvgIpc) is 2.77. The monoisotopic (exact) mass is 281 g/mol. The molecule has 19 heavy (non-hydrogen) atoms. The van der Waals surface area contributed by atoms with Crippen LogP contribution in [-0.2, 0) is 5.54 Å². The second-order valence-corrected chi connectivity index (χ2v) is 6.10. The quantitative estimate of drug-likeness (QED) is 0.669. The molecule has 0 saturated carbocycles. The molecule has 106 valence electrons. The summed E-state index contributed by atoms with van der Waals surface area (Å²) in [6.07, 6.45) is 8.09. The van der Waals surface area contributed by atoms with Crippen LogP contribution in [0.15, 0.2) is 6.20 Å². The standard InChI is InChI=1S/C15H24ClN3/c1-5-6-7-8-9-12(2)13-10-19(18-14(13)16)15(3,4)11-17/h10,12H,5-9H2,1-4H3. The number of nitriles is 1. The van der Waals surface area contributed by atoms with Gasteiger partial charge in [0, 0.05) is 11.8 Å². The number of nitrogens with zero attached hydrogens (tertiary/aromatic N) is 3. The van der Waals surface area contributed by atoms with Crippen molar-refractivity contribution in [3.8, 4) is 6.07 Å². The number of hydrogen-bond donors (Lipinski definition) is 0. The third kappa shape index (κ3) is 4.24. The Morgan fingerprint density at radius 3 is 2.68 bits per heavy atom. The van der Waals surface area contributed by atoms with Crippen molar-refractivity contribution in [2.24, 2.45) is 0 Å². The Bertz CT molecular complexity index is 443. The lowest BCUT2D eigenvalue weighted by Crippen LogP contribution is -2.24. The molecule has 1 unspecified atom stereocenters. The normalized spacial score (nSPS) is 13.3. The SMILES string of the molecule is CCCCCCC(C)c1cn(C(C)(C)C#N)nc1Cl. The molecular formula is C15H24ClN3. The number of halogens is 1. The molecule has 0 fully saturated rings. The molecule has 0 radical (unpaired) electrons. The van der Waals surface area contributed by atoms with E-state index in [4.69, 9.17) is 16.9 Å². The lowest BCUT2D eigenvalue weighted by Gasteiger charge is -2.15. The zero-order valence-electron chi connectivity index (χ0n) is 12.4. The molecule has 1 heterocycles. The van der Waals surface area contributed by atoms with Gasteiger partial charge in [0.1, 0.15) is 5.54 Å². The van der Waals surface area contributed by atoms with E-state index in [0.29, 0.717) is 11.1 Å². The predicted octanol–water partition coefficient (Wildman–Crippen LogP) is 4.87. The first-order valence-electron chi connectivity index (χ1n) is 7.09. The van der Waals surface area contributed by atoms with Crippen LogP contribution in [0.1, 0.15) is 71.3 Å². The Morgan fingerprint density at radius 2 is 2.11 bits per heavy atom. The zero-order chi connectivity index (χ0) is 14.5. The molecule has 0 aromatic carbocycles. The Kier molecular flexibility index (Phi) is 5.87. The van der Waals surface area contributed by atoms with E-state index in [0.717, 1.165) is 12.0 Å². The smallest absolute Gasteiger partial charge is 0.154 e. The fraction of sp³-hybridized carbons (Fsp3) is 0.733. The van der Waals surface area contributed by atoms with Crippen LogP contribution >= 0.6 is 11.6 Å². The highest BCUT2D eigenvalue weighted by molar-refractivity contribution is 6.30. The highest BCUT2D eigenvalue weighted by Gasteiger charge is 2.23. The molecule has 4 heteroatoms. The minimum atomic E-state index is -0.649. The Hall–Kier alpha value is -1.01. The van der Waals surface area contributed by atoms with Crippen molar-refractivity contribution in [2.45, 2.75) is 71.3 Å². The van der Waals surface area contributed by atoms with Crippen LogP contribution in [0.25, 0.3) is 0 Å². The van der Waals surface area contributed by atoms with Crippen LogP contribution < -0.4 is 0 Å². The van der Waals surface area contributed by atoms with Gasteiger partial charge in [0.15, 0.2) is 5.15 Å². The molecule has 3 nitrogen and oxygen atoms in total. The van der Waals surface area contributed by atoms with Crippen LogP contribution in [0.5, 0.6) is 0 Å². The Balaban J connectivity index is 2.71. The van der Waals surface area contributed by atoms with Crippen molar-refractivity contribution < 1.29 is 0 Å². The largest absolute Gasteiger partial charge is 0.251 e. The maximum Gasteiger partial charge on any atom is 0.154 e. The van der Waals surface area contributed by atoms with E-state index in [1.165, 1.54) is 25.7 Å². The van der Waals surface area contributed by atoms with E-state index in [9.17, 15) is 0 Å². The van der Waals surface area contributed by atoms with Gasteiger partial charge in [0.05, 0.1) is 6.07 Å². The van der Waals surface area contributed by atoms with E-state index in [2.05, 4.69) is 25.0 Å². The Morgan fingerprint density at radius 1 is 1.42 bits per heavy atom. The van der Waals surface area contributed by atoms with E-state index >= 15 is 0 Å². The fourth-order valence-electron chi connectivity index (χ4n) is 2.07. The highest BCUT2D eigenvalue weighted by Crippen LogP contribution is 2.29. The van der Waals surface area contributed by atoms with Gasteiger partial charge in [-0.1, -0.05) is 51.1 Å². The summed E-state index contributed by atoms with van der Waals surface area (Å²) < 4.78 is 1.67. The second kappa shape index (κ2) is 6.96. The van der Waals surface area contributed by atoms with Gasteiger partial charge in [-0.25, -0.2) is 0 Å². The predicted molar refractivity (Wildman–Crippen MR) is 79.3 cm³/mol. The van der Waals surface area contributed by atoms with Crippen LogP contribution in [0.4, 0.5) is 0 Å². The number of rotatable bonds is 7. The molecule has 0 aliphatic heterocycles. The molecule has 0 saturated heterocycles. The van der Waals surface area contributed by atoms with Gasteiger partial charge in [-0.2, -0.15) is 10.4 Å². The van der Waals surface area contributed by atoms with E-state index < -0.39 is 5.54 Å². The average molecular weight is 282 g/mol. The number of hydrogen-bond acceptors (Lipinski definition) is 2. The third-order valence-corrected chi connectivity index (χ3v) is 3.86. The van der Waals surface area contributed by atoms with Crippen LogP contribution in [0.3, 0.4) is 0 Å². The fourth-order valence-corrected chi connectivity index (χ4v) is 2.38. The maximum atomic E-state index is 9.13. The van der Waals surface area contributed by atoms with Crippen molar-refractivity contribution in [3.63, 3.8) is 0 Å². The van der Waals surface area contributed by atoms with Gasteiger partial charge in [0.2, 0.25) is 0 Å². The molecule has 1 atom stereocenters. The third-order valence-electron chi connectivity index (χ3n) is 3.56. The molecule has 1 aromatic rings. The van der Waals surface area contributed by atoms with Crippen molar-refractivity contribution in [3.05, 3.63) is 16.9 Å². The molecule has 0 aliphatic carbocycles. The van der Waals surface area contributed by atoms with Crippen LogP contribution in [-0.4, -0.2) is 9.78 Å². The van der Waals surface area contributed by atoms with Gasteiger partial charge < -0.3 is 0 Å². The Labute approximate surface area is 121 Å². The van der Waals surface area contributed by atoms with Crippen molar-refractivity contribution in [1.29, 1.82) is 5.26 Å². The number of aromatic nitrogens is 2. The van der Waals surface area contributed by atoms with Gasteiger partial charge in [-0.3, -0.25) is 4.68 Å². The van der Waals surface area contributed by atoms with Gasteiger partial charge in [-0.05, 0) is 26.2 Å². The topological polar surface area (TPSA) is 41.6 Å². The summed E-state index contributed by atoms with van der Waals surface area (Å²) in [6, 6.07) is 2.24. The van der Waals surface area contributed by atoms with Gasteiger partial charge in [0.25, 0.3) is 0 Å². The van der Waals surface area contributed by atoms with Crippen LogP contribution in [0, 0.1) is 11.3 Å². The minimum absolute atomic E-state index is 0.396. The summed E-state index contributed by atoms with van der Waals surface area (Å²) in [5.74, 6) is 0.396. The van der Waals surface area contributed by atoms with Crippen molar-refractivity contribution in [1.82, 2.24) is 9.78 Å². The van der Waals surface area contributed by atoms with E-state index in [1.807, 2.05) is 20.0 Å². The minimum Gasteiger partial charge on any atom is -0.251 e. The lowest BCUT2D eigenvalue weighted by atomic mass is 9.97. The molecular weight excluding hydrogens is 258 g/mol. The summed E-state index contributed by atoms with van der Waals surface area (Å²) in [5, 5.41) is 13.9. The summed E-state index contributed by atoms with van der Waals surface area (Å²) in [5.41, 5.74) is 0.408. The summed E-state index contributed by atoms with van der Waals surface area (Å²) in [7, 11) is 0. The molecule has 0 bridgehead atoms. The van der Waals surface area contributed by atoms with Crippen LogP contribution in [0.2, 0.25) is 5.15 Å². The molecule has 0 amide bonds. The zero-order valence-corrected chi connectivity index (χ0v) is 13.2. The van der Waals surface area contributed by atoms with E-state index in [-0.39, 0.29) is 0 Å². The van der Waals surface area contributed by atoms with Crippen molar-refractivity contribution in [2.75, 3.05) is 0 Å². The van der Waals surface area contributed by atoms with E-state index in [1.54, 1.807) is 4.68 Å². The molecule has 1 aromatic heterocycles. The molecule has 0 aliphatic rings. The van der Waals surface area contributed by atoms with Gasteiger partial charge in [-0.15, -0.1) is 0 Å². The lowest BCUT2D eigenvalue weighted by molar-refractivity contribution is 0.418.